The van der Waals surface area contributed by atoms with E-state index in [0.29, 0.717) is 11.4 Å². The summed E-state index contributed by atoms with van der Waals surface area (Å²) < 4.78 is 0. The van der Waals surface area contributed by atoms with Gasteiger partial charge in [0.25, 0.3) is 5.91 Å². The Bertz CT molecular complexity index is 1540. The van der Waals surface area contributed by atoms with Gasteiger partial charge in [-0.2, -0.15) is 0 Å². The molecule has 0 saturated carbocycles. The number of aromatic nitrogens is 3. The van der Waals surface area contributed by atoms with Gasteiger partial charge in [0.1, 0.15) is 21.0 Å². The van der Waals surface area contributed by atoms with Crippen LogP contribution in [0.4, 0.5) is 5.69 Å². The van der Waals surface area contributed by atoms with E-state index in [1.54, 1.807) is 17.4 Å². The highest BCUT2D eigenvalue weighted by Gasteiger charge is 2.16. The maximum atomic E-state index is 13.1. The van der Waals surface area contributed by atoms with Crippen LogP contribution in [0.5, 0.6) is 0 Å². The van der Waals surface area contributed by atoms with Gasteiger partial charge in [0.05, 0.1) is 11.2 Å². The lowest BCUT2D eigenvalue weighted by Crippen LogP contribution is -2.27. The molecular formula is C29H27N5OS. The number of nitrogens with zero attached hydrogens (tertiary/aromatic N) is 3. The zero-order valence-electron chi connectivity index (χ0n) is 19.9. The molecule has 0 aliphatic carbocycles. The number of hydrogen-bond acceptors (Lipinski definition) is 6. The van der Waals surface area contributed by atoms with E-state index in [-0.39, 0.29) is 5.91 Å². The predicted molar refractivity (Wildman–Crippen MR) is 146 cm³/mol. The van der Waals surface area contributed by atoms with E-state index in [4.69, 9.17) is 9.97 Å². The fourth-order valence-corrected chi connectivity index (χ4v) is 5.75. The average molecular weight is 494 g/mol. The first kappa shape index (κ1) is 22.8. The predicted octanol–water partition coefficient (Wildman–Crippen LogP) is 6.09. The van der Waals surface area contributed by atoms with Crippen LogP contribution in [0.3, 0.4) is 0 Å². The Morgan fingerprint density at radius 1 is 0.972 bits per heavy atom. The number of amides is 1. The third-order valence-electron chi connectivity index (χ3n) is 6.84. The Morgan fingerprint density at radius 2 is 1.81 bits per heavy atom. The molecule has 4 heterocycles. The molecule has 0 atom stereocenters. The smallest absolute Gasteiger partial charge is 0.274 e. The first-order valence-electron chi connectivity index (χ1n) is 12.5. The van der Waals surface area contributed by atoms with Crippen molar-refractivity contribution in [2.45, 2.75) is 25.7 Å². The van der Waals surface area contributed by atoms with Gasteiger partial charge in [-0.05, 0) is 80.6 Å². The summed E-state index contributed by atoms with van der Waals surface area (Å²) in [6, 6.07) is 21.4. The molecule has 0 radical (unpaired) electrons. The summed E-state index contributed by atoms with van der Waals surface area (Å²) in [6.45, 7) is 2.26. The Balaban J connectivity index is 1.23. The maximum Gasteiger partial charge on any atom is 0.274 e. The number of thiazole rings is 1. The Morgan fingerprint density at radius 3 is 2.72 bits per heavy atom. The Labute approximate surface area is 213 Å². The van der Waals surface area contributed by atoms with Gasteiger partial charge >= 0.3 is 0 Å². The largest absolute Gasteiger partial charge is 0.320 e. The molecule has 1 fully saturated rings. The monoisotopic (exact) mass is 493 g/mol. The molecule has 1 amide bonds. The molecule has 1 aliphatic rings. The van der Waals surface area contributed by atoms with Crippen molar-refractivity contribution < 1.29 is 4.79 Å². The second-order valence-electron chi connectivity index (χ2n) is 9.31. The number of aryl methyl sites for hydroxylation is 1. The topological polar surface area (TPSA) is 79.8 Å². The normalized spacial score (nSPS) is 14.3. The van der Waals surface area contributed by atoms with E-state index >= 15 is 0 Å². The first-order valence-corrected chi connectivity index (χ1v) is 13.3. The third-order valence-corrected chi connectivity index (χ3v) is 7.85. The molecule has 1 aliphatic heterocycles. The first-order chi connectivity index (χ1) is 17.7. The summed E-state index contributed by atoms with van der Waals surface area (Å²) in [5.41, 5.74) is 4.92. The summed E-state index contributed by atoms with van der Waals surface area (Å²) >= 11 is 1.55. The minimum Gasteiger partial charge on any atom is -0.320 e. The number of fused-ring (bicyclic) bond motifs is 2. The summed E-state index contributed by atoms with van der Waals surface area (Å²) in [5.74, 6) is 0.549. The van der Waals surface area contributed by atoms with E-state index < -0.39 is 0 Å². The van der Waals surface area contributed by atoms with Crippen molar-refractivity contribution in [3.8, 4) is 10.6 Å². The van der Waals surface area contributed by atoms with Gasteiger partial charge in [0.2, 0.25) is 0 Å². The van der Waals surface area contributed by atoms with Gasteiger partial charge in [-0.3, -0.25) is 4.79 Å². The molecule has 0 bridgehead atoms. The van der Waals surface area contributed by atoms with E-state index in [1.807, 2.05) is 60.8 Å². The lowest BCUT2D eigenvalue weighted by Gasteiger charge is -2.22. The van der Waals surface area contributed by atoms with Crippen LogP contribution in [0.25, 0.3) is 31.8 Å². The Hall–Kier alpha value is -3.68. The minimum atomic E-state index is -0.243. The minimum absolute atomic E-state index is 0.243. The molecule has 6 nitrogen and oxygen atoms in total. The van der Waals surface area contributed by atoms with Gasteiger partial charge < -0.3 is 10.6 Å². The van der Waals surface area contributed by atoms with Crippen LogP contribution < -0.4 is 10.6 Å². The van der Waals surface area contributed by atoms with Crippen LogP contribution in [0.2, 0.25) is 0 Å². The van der Waals surface area contributed by atoms with Crippen molar-refractivity contribution in [3.05, 3.63) is 84.2 Å². The van der Waals surface area contributed by atoms with Crippen molar-refractivity contribution >= 4 is 44.2 Å². The number of para-hydroxylation sites is 2. The molecule has 2 aromatic carbocycles. The van der Waals surface area contributed by atoms with Crippen LogP contribution in [0, 0.1) is 5.92 Å². The van der Waals surface area contributed by atoms with E-state index in [1.165, 1.54) is 24.8 Å². The highest BCUT2D eigenvalue weighted by atomic mass is 32.1. The fourth-order valence-electron chi connectivity index (χ4n) is 4.82. The van der Waals surface area contributed by atoms with Crippen LogP contribution >= 0.6 is 11.3 Å². The lowest BCUT2D eigenvalue weighted by atomic mass is 9.92. The van der Waals surface area contributed by atoms with Crippen LogP contribution in [-0.2, 0) is 6.42 Å². The van der Waals surface area contributed by atoms with E-state index in [0.717, 1.165) is 57.2 Å². The number of hydrogen-bond donors (Lipinski definition) is 2. The van der Waals surface area contributed by atoms with Gasteiger partial charge in [0, 0.05) is 17.1 Å². The molecule has 0 spiro atoms. The molecule has 5 aromatic rings. The summed E-state index contributed by atoms with van der Waals surface area (Å²) in [5, 5.41) is 8.33. The fraction of sp³-hybridized carbons (Fsp3) is 0.241. The molecule has 1 saturated heterocycles. The number of piperidine rings is 1. The van der Waals surface area contributed by atoms with Crippen molar-refractivity contribution in [1.82, 2.24) is 20.3 Å². The molecular weight excluding hydrogens is 466 g/mol. The van der Waals surface area contributed by atoms with Crippen LogP contribution in [0.15, 0.2) is 72.9 Å². The highest BCUT2D eigenvalue weighted by Crippen LogP contribution is 2.34. The maximum absolute atomic E-state index is 13.1. The van der Waals surface area contributed by atoms with Crippen molar-refractivity contribution in [2.75, 3.05) is 18.4 Å². The second kappa shape index (κ2) is 10.1. The SMILES string of the molecule is O=C(Nc1ccccc1-c1nc2cc(CCC3CCNCC3)cnc2s1)c1ccc2ccccc2n1. The summed E-state index contributed by atoms with van der Waals surface area (Å²) in [7, 11) is 0. The third kappa shape index (κ3) is 4.85. The van der Waals surface area contributed by atoms with Crippen molar-refractivity contribution in [1.29, 1.82) is 0 Å². The molecule has 180 valence electrons. The number of anilines is 1. The summed E-state index contributed by atoms with van der Waals surface area (Å²) in [4.78, 5) is 28.1. The quantitative estimate of drug-likeness (QED) is 0.299. The average Bonchev–Trinajstić information content (AvgIpc) is 3.36. The molecule has 6 rings (SSSR count). The number of benzene rings is 2. The zero-order valence-corrected chi connectivity index (χ0v) is 20.7. The molecule has 0 unspecified atom stereocenters. The van der Waals surface area contributed by atoms with Crippen molar-refractivity contribution in [2.24, 2.45) is 5.92 Å². The van der Waals surface area contributed by atoms with Gasteiger partial charge in [0.15, 0.2) is 0 Å². The number of carbonyl (C=O) groups is 1. The number of nitrogens with one attached hydrogen (secondary N) is 2. The van der Waals surface area contributed by atoms with E-state index in [9.17, 15) is 4.79 Å². The number of carbonyl (C=O) groups excluding carboxylic acids is 1. The van der Waals surface area contributed by atoms with Gasteiger partial charge in [-0.15, -0.1) is 0 Å². The standard InChI is InChI=1S/C29H27N5OS/c35-27(25-12-11-21-5-1-3-7-23(21)32-25)33-24-8-4-2-6-22(24)28-34-26-17-20(18-31-29(26)36-28)10-9-19-13-15-30-16-14-19/h1-8,11-12,17-19,30H,9-10,13-16H2,(H,33,35). The molecule has 36 heavy (non-hydrogen) atoms. The number of pyridine rings is 2. The highest BCUT2D eigenvalue weighted by molar-refractivity contribution is 7.21. The zero-order chi connectivity index (χ0) is 24.3. The molecule has 7 heteroatoms. The van der Waals surface area contributed by atoms with Crippen LogP contribution in [0.1, 0.15) is 35.3 Å². The summed E-state index contributed by atoms with van der Waals surface area (Å²) in [6.07, 6.45) is 6.74. The van der Waals surface area contributed by atoms with Crippen molar-refractivity contribution in [3.63, 3.8) is 0 Å². The van der Waals surface area contributed by atoms with Crippen LogP contribution in [-0.4, -0.2) is 33.9 Å². The number of rotatable bonds is 6. The van der Waals surface area contributed by atoms with E-state index in [2.05, 4.69) is 21.7 Å². The van der Waals surface area contributed by atoms with Gasteiger partial charge in [-0.1, -0.05) is 47.7 Å². The molecule has 2 N–H and O–H groups in total. The molecule has 3 aromatic heterocycles. The lowest BCUT2D eigenvalue weighted by molar-refractivity contribution is 0.102. The van der Waals surface area contributed by atoms with Gasteiger partial charge in [-0.25, -0.2) is 15.0 Å². The Kier molecular flexibility index (Phi) is 6.40. The second-order valence-corrected chi connectivity index (χ2v) is 10.3.